The molecule has 0 spiro atoms. The van der Waals surface area contributed by atoms with Gasteiger partial charge in [-0.25, -0.2) is 4.79 Å². The summed E-state index contributed by atoms with van der Waals surface area (Å²) in [7, 11) is 0. The Bertz CT molecular complexity index is 1170. The van der Waals surface area contributed by atoms with Gasteiger partial charge in [-0.1, -0.05) is 120 Å². The monoisotopic (exact) mass is 603 g/mol. The first kappa shape index (κ1) is 38.4. The summed E-state index contributed by atoms with van der Waals surface area (Å²) in [6, 6.07) is 24.3. The zero-order valence-electron chi connectivity index (χ0n) is 27.5. The lowest BCUT2D eigenvalue weighted by atomic mass is 10.1. The van der Waals surface area contributed by atoms with E-state index in [-0.39, 0.29) is 11.3 Å². The van der Waals surface area contributed by atoms with Crippen molar-refractivity contribution in [2.45, 2.75) is 92.3 Å². The molecule has 3 rings (SSSR count). The summed E-state index contributed by atoms with van der Waals surface area (Å²) in [6.45, 7) is 15.6. The third-order valence-electron chi connectivity index (χ3n) is 7.76. The van der Waals surface area contributed by atoms with Crippen LogP contribution in [0, 0.1) is 12.3 Å². The van der Waals surface area contributed by atoms with E-state index in [4.69, 9.17) is 15.9 Å². The Morgan fingerprint density at radius 3 is 1.57 bits per heavy atom. The Kier molecular flexibility index (Phi) is 19.9. The minimum Gasteiger partial charge on any atom is -1.00 e. The maximum Gasteiger partial charge on any atom is 0.342 e. The summed E-state index contributed by atoms with van der Waals surface area (Å²) in [5.41, 5.74) is 2.86. The third-order valence-corrected chi connectivity index (χ3v) is 7.76. The second-order valence-electron chi connectivity index (χ2n) is 11.3. The van der Waals surface area contributed by atoms with E-state index in [1.54, 1.807) is 18.2 Å². The van der Waals surface area contributed by atoms with Crippen LogP contribution in [0.1, 0.15) is 106 Å². The second-order valence-corrected chi connectivity index (χ2v) is 11.3. The zero-order valence-corrected chi connectivity index (χ0v) is 27.5. The molecule has 0 radical (unpaired) electrons. The first-order chi connectivity index (χ1) is 21.0. The number of hydrogen-bond donors (Lipinski definition) is 0. The molecule has 0 atom stereocenters. The summed E-state index contributed by atoms with van der Waals surface area (Å²) < 4.78 is 12.7. The van der Waals surface area contributed by atoms with Gasteiger partial charge < -0.3 is 18.7 Å². The molecule has 0 bridgehead atoms. The molecule has 44 heavy (non-hydrogen) atoms. The number of carbonyl (C=O) groups excluding carboxylic acids is 1. The van der Waals surface area contributed by atoms with Gasteiger partial charge in [0, 0.05) is 5.56 Å². The molecule has 240 valence electrons. The SMILES string of the molecule is C#Cc1ccc(OCc2ccccc2)c(C(=O)OCc2ccccc2)c1.CCCC[N+](CCCC)(CCCC)CCCC.[F-]. The Morgan fingerprint density at radius 1 is 0.682 bits per heavy atom. The molecule has 0 aromatic heterocycles. The Labute approximate surface area is 266 Å². The maximum atomic E-state index is 12.5. The number of unbranched alkanes of at least 4 members (excludes halogenated alkanes) is 4. The van der Waals surface area contributed by atoms with Crippen molar-refractivity contribution in [3.8, 4) is 18.1 Å². The van der Waals surface area contributed by atoms with Gasteiger partial charge in [0.2, 0.25) is 0 Å². The van der Waals surface area contributed by atoms with E-state index in [1.165, 1.54) is 82.0 Å². The van der Waals surface area contributed by atoms with E-state index >= 15 is 0 Å². The molecule has 4 nitrogen and oxygen atoms in total. The minimum absolute atomic E-state index is 0. The van der Waals surface area contributed by atoms with Crippen LogP contribution in [0.3, 0.4) is 0 Å². The normalized spacial score (nSPS) is 10.5. The minimum atomic E-state index is -0.464. The predicted octanol–water partition coefficient (Wildman–Crippen LogP) is 6.61. The van der Waals surface area contributed by atoms with Crippen LogP contribution in [0.15, 0.2) is 78.9 Å². The smallest absolute Gasteiger partial charge is 0.342 e. The molecule has 0 amide bonds. The maximum absolute atomic E-state index is 12.5. The van der Waals surface area contributed by atoms with Gasteiger partial charge in [-0.15, -0.1) is 6.42 Å². The van der Waals surface area contributed by atoms with Crippen LogP contribution in [-0.4, -0.2) is 36.6 Å². The third kappa shape index (κ3) is 14.2. The van der Waals surface area contributed by atoms with Gasteiger partial charge in [-0.2, -0.15) is 0 Å². The van der Waals surface area contributed by atoms with Gasteiger partial charge in [0.15, 0.2) is 0 Å². The molecule has 0 saturated heterocycles. The van der Waals surface area contributed by atoms with E-state index in [0.29, 0.717) is 23.5 Å². The molecule has 3 aromatic rings. The highest BCUT2D eigenvalue weighted by Crippen LogP contribution is 2.23. The van der Waals surface area contributed by atoms with E-state index in [0.717, 1.165) is 11.1 Å². The number of esters is 1. The van der Waals surface area contributed by atoms with Gasteiger partial charge in [-0.3, -0.25) is 0 Å². The van der Waals surface area contributed by atoms with Gasteiger partial charge >= 0.3 is 5.97 Å². The summed E-state index contributed by atoms with van der Waals surface area (Å²) >= 11 is 0. The van der Waals surface area contributed by atoms with Crippen LogP contribution in [0.25, 0.3) is 0 Å². The summed E-state index contributed by atoms with van der Waals surface area (Å²) in [6.07, 6.45) is 16.5. The van der Waals surface area contributed by atoms with Crippen molar-refractivity contribution in [1.29, 1.82) is 0 Å². The topological polar surface area (TPSA) is 35.5 Å². The molecule has 0 aliphatic carbocycles. The number of carbonyl (C=O) groups is 1. The standard InChI is InChI=1S/C23H18O3.C16H36N.FH/c1-2-18-13-14-22(25-16-19-9-5-3-6-10-19)21(15-18)23(24)26-17-20-11-7-4-8-12-20;1-5-9-13-17(14-10-6-2,15-11-7-3)16-12-8-4;/h1,3-15H,16-17H2;5-16H2,1-4H3;1H/q;+1;/p-1. The van der Waals surface area contributed by atoms with E-state index < -0.39 is 5.97 Å². The average Bonchev–Trinajstić information content (AvgIpc) is 3.06. The lowest BCUT2D eigenvalue weighted by Crippen LogP contribution is -3.00. The number of hydrogen-bond acceptors (Lipinski definition) is 3. The van der Waals surface area contributed by atoms with Crippen molar-refractivity contribution < 1.29 is 23.5 Å². The fourth-order valence-electron chi connectivity index (χ4n) is 5.09. The first-order valence-corrected chi connectivity index (χ1v) is 16.3. The molecular formula is C39H54FNO3. The molecule has 0 unspecified atom stereocenters. The van der Waals surface area contributed by atoms with Gasteiger partial charge in [0.25, 0.3) is 0 Å². The molecule has 0 aliphatic rings. The van der Waals surface area contributed by atoms with Gasteiger partial charge in [0.05, 0.1) is 26.2 Å². The van der Waals surface area contributed by atoms with Crippen molar-refractivity contribution in [2.24, 2.45) is 0 Å². The molecule has 0 heterocycles. The lowest BCUT2D eigenvalue weighted by Gasteiger charge is -2.39. The van der Waals surface area contributed by atoms with Gasteiger partial charge in [-0.05, 0) is 55.0 Å². The Morgan fingerprint density at radius 2 is 1.14 bits per heavy atom. The van der Waals surface area contributed by atoms with Crippen molar-refractivity contribution in [2.75, 3.05) is 26.2 Å². The molecular weight excluding hydrogens is 549 g/mol. The quantitative estimate of drug-likeness (QED) is 0.0933. The zero-order chi connectivity index (χ0) is 31.2. The molecule has 0 fully saturated rings. The molecule has 0 saturated carbocycles. The summed E-state index contributed by atoms with van der Waals surface area (Å²) in [5, 5.41) is 0. The molecule has 0 aliphatic heterocycles. The Balaban J connectivity index is 0.000000473. The van der Waals surface area contributed by atoms with Crippen molar-refractivity contribution in [3.63, 3.8) is 0 Å². The van der Waals surface area contributed by atoms with E-state index in [1.807, 2.05) is 60.7 Å². The van der Waals surface area contributed by atoms with Crippen LogP contribution in [0.4, 0.5) is 0 Å². The summed E-state index contributed by atoms with van der Waals surface area (Å²) in [5.74, 6) is 2.52. The fraction of sp³-hybridized carbons (Fsp3) is 0.462. The number of quaternary nitrogens is 1. The van der Waals surface area contributed by atoms with Gasteiger partial charge in [0.1, 0.15) is 24.5 Å². The second kappa shape index (κ2) is 22.9. The van der Waals surface area contributed by atoms with Crippen LogP contribution in [-0.2, 0) is 18.0 Å². The summed E-state index contributed by atoms with van der Waals surface area (Å²) in [4.78, 5) is 12.5. The highest BCUT2D eigenvalue weighted by atomic mass is 19.0. The van der Waals surface area contributed by atoms with Crippen LogP contribution in [0.5, 0.6) is 5.75 Å². The highest BCUT2D eigenvalue weighted by Gasteiger charge is 2.24. The van der Waals surface area contributed by atoms with Crippen LogP contribution >= 0.6 is 0 Å². The molecule has 3 aromatic carbocycles. The predicted molar refractivity (Wildman–Crippen MR) is 180 cm³/mol. The van der Waals surface area contributed by atoms with E-state index in [2.05, 4.69) is 33.6 Å². The Hall–Kier alpha value is -3.62. The van der Waals surface area contributed by atoms with Crippen molar-refractivity contribution >= 4 is 5.97 Å². The van der Waals surface area contributed by atoms with Crippen LogP contribution < -0.4 is 9.44 Å². The average molecular weight is 604 g/mol. The highest BCUT2D eigenvalue weighted by molar-refractivity contribution is 5.93. The van der Waals surface area contributed by atoms with Crippen molar-refractivity contribution in [3.05, 3.63) is 101 Å². The van der Waals surface area contributed by atoms with Crippen molar-refractivity contribution in [1.82, 2.24) is 0 Å². The fourth-order valence-corrected chi connectivity index (χ4v) is 5.09. The van der Waals surface area contributed by atoms with Crippen LogP contribution in [0.2, 0.25) is 0 Å². The number of rotatable bonds is 18. The van der Waals surface area contributed by atoms with E-state index in [9.17, 15) is 4.79 Å². The number of nitrogens with zero attached hydrogens (tertiary/aromatic N) is 1. The number of terminal acetylenes is 1. The number of halogens is 1. The lowest BCUT2D eigenvalue weighted by molar-refractivity contribution is -0.929. The first-order valence-electron chi connectivity index (χ1n) is 16.3. The largest absolute Gasteiger partial charge is 1.00 e. The number of benzene rings is 3. The molecule has 0 N–H and O–H groups in total. The number of ether oxygens (including phenoxy) is 2. The molecule has 5 heteroatoms.